The van der Waals surface area contributed by atoms with Crippen molar-refractivity contribution in [2.24, 2.45) is 0 Å². The number of nitrogens with one attached hydrogen (secondary N) is 1. The van der Waals surface area contributed by atoms with E-state index in [9.17, 15) is 0 Å². The van der Waals surface area contributed by atoms with E-state index in [1.807, 2.05) is 37.4 Å². The van der Waals surface area contributed by atoms with Crippen LogP contribution < -0.4 is 5.32 Å². The van der Waals surface area contributed by atoms with Crippen LogP contribution in [0.5, 0.6) is 0 Å². The number of hydrogen-bond acceptors (Lipinski definition) is 2. The second-order valence-corrected chi connectivity index (χ2v) is 5.63. The van der Waals surface area contributed by atoms with Crippen LogP contribution in [0.3, 0.4) is 0 Å². The molecule has 4 heteroatoms. The summed E-state index contributed by atoms with van der Waals surface area (Å²) in [5.74, 6) is 0. The van der Waals surface area contributed by atoms with E-state index >= 15 is 0 Å². The van der Waals surface area contributed by atoms with Gasteiger partial charge in [0.15, 0.2) is 0 Å². The minimum Gasteiger partial charge on any atom is -0.306 e. The molecule has 1 atom stereocenters. The molecule has 1 unspecified atom stereocenters. The summed E-state index contributed by atoms with van der Waals surface area (Å²) in [6.45, 7) is 5.04. The van der Waals surface area contributed by atoms with Gasteiger partial charge >= 0.3 is 0 Å². The minimum atomic E-state index is 0.0304. The molecule has 1 aromatic carbocycles. The number of benzene rings is 1. The molecular weight excluding hydrogens is 291 g/mol. The van der Waals surface area contributed by atoms with E-state index in [1.54, 1.807) is 0 Å². The predicted octanol–water partition coefficient (Wildman–Crippen LogP) is 4.79. The first-order chi connectivity index (χ1) is 9.61. The summed E-state index contributed by atoms with van der Waals surface area (Å²) in [7, 11) is 0. The summed E-state index contributed by atoms with van der Waals surface area (Å²) < 4.78 is 0. The Kier molecular flexibility index (Phi) is 5.41. The molecule has 0 saturated heterocycles. The maximum atomic E-state index is 6.35. The maximum absolute atomic E-state index is 6.35. The topological polar surface area (TPSA) is 24.9 Å². The molecule has 0 amide bonds. The highest BCUT2D eigenvalue weighted by atomic mass is 35.5. The lowest BCUT2D eigenvalue weighted by Crippen LogP contribution is -2.23. The van der Waals surface area contributed by atoms with Gasteiger partial charge in [-0.3, -0.25) is 4.98 Å². The van der Waals surface area contributed by atoms with Crippen molar-refractivity contribution < 1.29 is 0 Å². The molecule has 0 saturated carbocycles. The van der Waals surface area contributed by atoms with Crippen molar-refractivity contribution in [3.05, 3.63) is 63.4 Å². The second kappa shape index (κ2) is 7.07. The van der Waals surface area contributed by atoms with Gasteiger partial charge in [-0.2, -0.15) is 0 Å². The Morgan fingerprint density at radius 1 is 1.20 bits per heavy atom. The quantitative estimate of drug-likeness (QED) is 0.859. The molecule has 1 N–H and O–H groups in total. The Hall–Kier alpha value is -1.09. The molecule has 0 bridgehead atoms. The number of aryl methyl sites for hydroxylation is 1. The van der Waals surface area contributed by atoms with Gasteiger partial charge in [-0.1, -0.05) is 30.1 Å². The summed E-state index contributed by atoms with van der Waals surface area (Å²) in [4.78, 5) is 4.25. The Morgan fingerprint density at radius 3 is 2.70 bits per heavy atom. The van der Waals surface area contributed by atoms with Gasteiger partial charge in [0.1, 0.15) is 0 Å². The zero-order valence-electron chi connectivity index (χ0n) is 11.7. The van der Waals surface area contributed by atoms with Crippen LogP contribution in [0, 0.1) is 6.92 Å². The smallest absolute Gasteiger partial charge is 0.0593 e. The van der Waals surface area contributed by atoms with E-state index in [0.29, 0.717) is 5.02 Å². The summed E-state index contributed by atoms with van der Waals surface area (Å²) >= 11 is 12.5. The van der Waals surface area contributed by atoms with Crippen molar-refractivity contribution in [1.82, 2.24) is 10.3 Å². The van der Waals surface area contributed by atoms with E-state index < -0.39 is 0 Å². The van der Waals surface area contributed by atoms with Crippen molar-refractivity contribution >= 4 is 23.2 Å². The number of hydrogen-bond donors (Lipinski definition) is 1. The highest BCUT2D eigenvalue weighted by Crippen LogP contribution is 2.30. The van der Waals surface area contributed by atoms with Crippen LogP contribution in [0.25, 0.3) is 0 Å². The maximum Gasteiger partial charge on any atom is 0.0593 e. The Bertz CT molecular complexity index is 584. The van der Waals surface area contributed by atoms with Crippen LogP contribution in [-0.4, -0.2) is 11.5 Å². The normalized spacial score (nSPS) is 12.4. The molecule has 0 fully saturated rings. The number of halogens is 2. The van der Waals surface area contributed by atoms with Crippen LogP contribution in [0.2, 0.25) is 10.0 Å². The summed E-state index contributed by atoms with van der Waals surface area (Å²) in [6, 6.07) is 9.69. The van der Waals surface area contributed by atoms with Crippen molar-refractivity contribution in [1.29, 1.82) is 0 Å². The first kappa shape index (κ1) is 15.3. The molecule has 1 aromatic heterocycles. The number of nitrogens with zero attached hydrogens (tertiary/aromatic N) is 1. The molecule has 0 aliphatic rings. The molecule has 1 heterocycles. The Labute approximate surface area is 130 Å². The molecule has 106 valence electrons. The average Bonchev–Trinajstić information content (AvgIpc) is 2.43. The van der Waals surface area contributed by atoms with E-state index in [2.05, 4.69) is 23.3 Å². The zero-order chi connectivity index (χ0) is 14.5. The van der Waals surface area contributed by atoms with Gasteiger partial charge in [0.2, 0.25) is 0 Å². The van der Waals surface area contributed by atoms with Crippen LogP contribution in [0.15, 0.2) is 36.5 Å². The summed E-state index contributed by atoms with van der Waals surface area (Å²) in [6.07, 6.45) is 2.88. The van der Waals surface area contributed by atoms with Crippen molar-refractivity contribution in [3.63, 3.8) is 0 Å². The fourth-order valence-electron chi connectivity index (χ4n) is 2.18. The van der Waals surface area contributed by atoms with Gasteiger partial charge in [0.25, 0.3) is 0 Å². The SMILES string of the molecule is CCCNC(c1ccnc(C)c1)c1cc(Cl)ccc1Cl. The highest BCUT2D eigenvalue weighted by Gasteiger charge is 2.17. The van der Waals surface area contributed by atoms with Gasteiger partial charge in [-0.05, 0) is 61.3 Å². The van der Waals surface area contributed by atoms with Crippen LogP contribution in [0.4, 0.5) is 0 Å². The number of pyridine rings is 1. The van der Waals surface area contributed by atoms with Gasteiger partial charge < -0.3 is 5.32 Å². The van der Waals surface area contributed by atoms with Gasteiger partial charge in [0, 0.05) is 21.9 Å². The van der Waals surface area contributed by atoms with E-state index in [1.165, 1.54) is 0 Å². The average molecular weight is 309 g/mol. The first-order valence-corrected chi connectivity index (χ1v) is 7.48. The van der Waals surface area contributed by atoms with Gasteiger partial charge in [-0.15, -0.1) is 0 Å². The summed E-state index contributed by atoms with van der Waals surface area (Å²) in [5, 5.41) is 4.94. The lowest BCUT2D eigenvalue weighted by Gasteiger charge is -2.21. The van der Waals surface area contributed by atoms with Gasteiger partial charge in [-0.25, -0.2) is 0 Å². The predicted molar refractivity (Wildman–Crippen MR) is 85.6 cm³/mol. The highest BCUT2D eigenvalue weighted by molar-refractivity contribution is 6.33. The van der Waals surface area contributed by atoms with Crippen LogP contribution in [-0.2, 0) is 0 Å². The molecule has 20 heavy (non-hydrogen) atoms. The van der Waals surface area contributed by atoms with E-state index in [-0.39, 0.29) is 6.04 Å². The molecule has 2 aromatic rings. The number of rotatable bonds is 5. The molecular formula is C16H18Cl2N2. The van der Waals surface area contributed by atoms with E-state index in [0.717, 1.165) is 34.8 Å². The standard InChI is InChI=1S/C16H18Cl2N2/c1-3-7-20-16(12-6-8-19-11(2)9-12)14-10-13(17)4-5-15(14)18/h4-6,8-10,16,20H,3,7H2,1-2H3. The monoisotopic (exact) mass is 308 g/mol. The van der Waals surface area contributed by atoms with Crippen molar-refractivity contribution in [2.45, 2.75) is 26.3 Å². The van der Waals surface area contributed by atoms with Crippen LogP contribution >= 0.6 is 23.2 Å². The summed E-state index contributed by atoms with van der Waals surface area (Å²) in [5.41, 5.74) is 3.14. The number of aromatic nitrogens is 1. The third-order valence-corrected chi connectivity index (χ3v) is 3.70. The van der Waals surface area contributed by atoms with Crippen molar-refractivity contribution in [3.8, 4) is 0 Å². The van der Waals surface area contributed by atoms with Crippen LogP contribution in [0.1, 0.15) is 36.2 Å². The Balaban J connectivity index is 2.44. The molecule has 0 radical (unpaired) electrons. The largest absolute Gasteiger partial charge is 0.306 e. The second-order valence-electron chi connectivity index (χ2n) is 4.78. The third kappa shape index (κ3) is 3.72. The fraction of sp³-hybridized carbons (Fsp3) is 0.312. The molecule has 0 aliphatic heterocycles. The minimum absolute atomic E-state index is 0.0304. The lowest BCUT2D eigenvalue weighted by atomic mass is 9.98. The molecule has 0 spiro atoms. The molecule has 0 aliphatic carbocycles. The van der Waals surface area contributed by atoms with Gasteiger partial charge in [0.05, 0.1) is 6.04 Å². The van der Waals surface area contributed by atoms with E-state index in [4.69, 9.17) is 23.2 Å². The third-order valence-electron chi connectivity index (χ3n) is 3.12. The molecule has 2 rings (SSSR count). The van der Waals surface area contributed by atoms with Crippen molar-refractivity contribution in [2.75, 3.05) is 6.54 Å². The fourth-order valence-corrected chi connectivity index (χ4v) is 2.59. The first-order valence-electron chi connectivity index (χ1n) is 6.72. The Morgan fingerprint density at radius 2 is 2.00 bits per heavy atom. The molecule has 2 nitrogen and oxygen atoms in total. The lowest BCUT2D eigenvalue weighted by molar-refractivity contribution is 0.598. The zero-order valence-corrected chi connectivity index (χ0v) is 13.2.